The predicted octanol–water partition coefficient (Wildman–Crippen LogP) is 1.58. The summed E-state index contributed by atoms with van der Waals surface area (Å²) in [5.41, 5.74) is 9.70. The highest BCUT2D eigenvalue weighted by Crippen LogP contribution is 2.28. The minimum atomic E-state index is -0.248. The number of hydrazine groups is 2. The molecule has 0 spiro atoms. The quantitative estimate of drug-likeness (QED) is 0.421. The van der Waals surface area contributed by atoms with Crippen LogP contribution in [0.3, 0.4) is 0 Å². The van der Waals surface area contributed by atoms with Crippen molar-refractivity contribution in [3.05, 3.63) is 35.6 Å². The van der Waals surface area contributed by atoms with Gasteiger partial charge in [-0.2, -0.15) is 5.53 Å². The molecule has 0 bridgehead atoms. The number of nitrogens with zero attached hydrogens (tertiary/aromatic N) is 2. The lowest BCUT2D eigenvalue weighted by molar-refractivity contribution is -0.113. The summed E-state index contributed by atoms with van der Waals surface area (Å²) in [6, 6.07) is 6.35. The summed E-state index contributed by atoms with van der Waals surface area (Å²) in [4.78, 5) is 11.9. The van der Waals surface area contributed by atoms with Gasteiger partial charge in [0.25, 0.3) is 0 Å². The van der Waals surface area contributed by atoms with Crippen LogP contribution in [0.25, 0.3) is 0 Å². The van der Waals surface area contributed by atoms with Gasteiger partial charge in [0.1, 0.15) is 5.82 Å². The zero-order valence-corrected chi connectivity index (χ0v) is 14.9. The number of hydrogen-bond donors (Lipinski definition) is 4. The SMILES string of the molecule is O=C(CSC1CNNN1)Nc1nnc(SCc2ccc(F)cc2)s1. The Bertz CT molecular complexity index is 677. The molecule has 0 aliphatic carbocycles. The van der Waals surface area contributed by atoms with E-state index in [1.165, 1.54) is 47.0 Å². The van der Waals surface area contributed by atoms with Gasteiger partial charge in [0.2, 0.25) is 11.0 Å². The molecule has 7 nitrogen and oxygen atoms in total. The molecule has 1 fully saturated rings. The highest BCUT2D eigenvalue weighted by Gasteiger charge is 2.16. The van der Waals surface area contributed by atoms with E-state index in [0.717, 1.165) is 16.4 Å². The van der Waals surface area contributed by atoms with E-state index >= 15 is 0 Å². The highest BCUT2D eigenvalue weighted by atomic mass is 32.2. The predicted molar refractivity (Wildman–Crippen MR) is 95.0 cm³/mol. The van der Waals surface area contributed by atoms with Crippen molar-refractivity contribution in [3.8, 4) is 0 Å². The molecule has 0 radical (unpaired) electrons. The number of carbonyl (C=O) groups excluding carboxylic acids is 1. The fraction of sp³-hybridized carbons (Fsp3) is 0.308. The fourth-order valence-corrected chi connectivity index (χ4v) is 4.29. The lowest BCUT2D eigenvalue weighted by atomic mass is 10.2. The average molecular weight is 387 g/mol. The zero-order chi connectivity index (χ0) is 16.8. The minimum Gasteiger partial charge on any atom is -0.300 e. The van der Waals surface area contributed by atoms with Crippen LogP contribution in [0, 0.1) is 5.82 Å². The van der Waals surface area contributed by atoms with Crippen molar-refractivity contribution in [2.75, 3.05) is 17.6 Å². The maximum absolute atomic E-state index is 12.9. The molecular weight excluding hydrogens is 371 g/mol. The Morgan fingerprint density at radius 2 is 2.21 bits per heavy atom. The van der Waals surface area contributed by atoms with E-state index in [1.54, 1.807) is 12.1 Å². The Hall–Kier alpha value is -1.24. The Kier molecular flexibility index (Phi) is 6.40. The van der Waals surface area contributed by atoms with Crippen molar-refractivity contribution >= 4 is 45.9 Å². The minimum absolute atomic E-state index is 0.111. The third-order valence-electron chi connectivity index (χ3n) is 2.95. The van der Waals surface area contributed by atoms with Gasteiger partial charge < -0.3 is 0 Å². The first-order valence-electron chi connectivity index (χ1n) is 7.04. The van der Waals surface area contributed by atoms with Gasteiger partial charge in [0, 0.05) is 12.3 Å². The third-order valence-corrected chi connectivity index (χ3v) is 6.11. The lowest BCUT2D eigenvalue weighted by Crippen LogP contribution is -2.32. The first-order chi connectivity index (χ1) is 11.7. The van der Waals surface area contributed by atoms with E-state index in [1.807, 2.05) is 0 Å². The second kappa shape index (κ2) is 8.74. The van der Waals surface area contributed by atoms with Crippen molar-refractivity contribution < 1.29 is 9.18 Å². The van der Waals surface area contributed by atoms with E-state index in [0.29, 0.717) is 16.6 Å². The number of hydrogen-bond acceptors (Lipinski definition) is 9. The molecule has 24 heavy (non-hydrogen) atoms. The van der Waals surface area contributed by atoms with Crippen molar-refractivity contribution in [2.24, 2.45) is 0 Å². The molecule has 1 unspecified atom stereocenters. The summed E-state index contributed by atoms with van der Waals surface area (Å²) < 4.78 is 13.6. The number of halogens is 1. The van der Waals surface area contributed by atoms with Crippen LogP contribution < -0.4 is 21.7 Å². The van der Waals surface area contributed by atoms with Crippen LogP contribution in [0.15, 0.2) is 28.6 Å². The summed E-state index contributed by atoms with van der Waals surface area (Å²) in [5.74, 6) is 0.645. The van der Waals surface area contributed by atoms with Gasteiger partial charge in [-0.1, -0.05) is 35.2 Å². The number of anilines is 1. The fourth-order valence-electron chi connectivity index (χ4n) is 1.80. The summed E-state index contributed by atoms with van der Waals surface area (Å²) in [7, 11) is 0. The lowest BCUT2D eigenvalue weighted by Gasteiger charge is -2.06. The summed E-state index contributed by atoms with van der Waals surface area (Å²) in [6.45, 7) is 0.751. The van der Waals surface area contributed by atoms with Crippen LogP contribution in [0.4, 0.5) is 9.52 Å². The van der Waals surface area contributed by atoms with Gasteiger partial charge in [-0.3, -0.25) is 10.1 Å². The van der Waals surface area contributed by atoms with Crippen molar-refractivity contribution in [3.63, 3.8) is 0 Å². The highest BCUT2D eigenvalue weighted by molar-refractivity contribution is 8.00. The average Bonchev–Trinajstić information content (AvgIpc) is 3.24. The van der Waals surface area contributed by atoms with Crippen LogP contribution in [0.5, 0.6) is 0 Å². The molecule has 1 saturated heterocycles. The van der Waals surface area contributed by atoms with Gasteiger partial charge in [-0.25, -0.2) is 15.2 Å². The van der Waals surface area contributed by atoms with Gasteiger partial charge in [-0.15, -0.1) is 22.0 Å². The van der Waals surface area contributed by atoms with Crippen LogP contribution in [-0.2, 0) is 10.5 Å². The molecule has 1 aromatic carbocycles. The number of amides is 1. The Labute approximate surface area is 150 Å². The number of nitrogens with one attached hydrogen (secondary N) is 4. The molecule has 1 aliphatic heterocycles. The second-order valence-corrected chi connectivity index (χ2v) is 8.18. The molecule has 2 aromatic rings. The maximum Gasteiger partial charge on any atom is 0.236 e. The number of carbonyl (C=O) groups is 1. The molecule has 1 aliphatic rings. The molecule has 1 amide bonds. The van der Waals surface area contributed by atoms with Crippen molar-refractivity contribution in [1.82, 2.24) is 26.6 Å². The smallest absolute Gasteiger partial charge is 0.236 e. The van der Waals surface area contributed by atoms with Crippen LogP contribution in [-0.4, -0.2) is 33.8 Å². The summed E-state index contributed by atoms with van der Waals surface area (Å²) >= 11 is 4.33. The van der Waals surface area contributed by atoms with E-state index < -0.39 is 0 Å². The normalized spacial score (nSPS) is 17.1. The molecule has 11 heteroatoms. The van der Waals surface area contributed by atoms with Crippen LogP contribution >= 0.6 is 34.9 Å². The van der Waals surface area contributed by atoms with E-state index in [4.69, 9.17) is 0 Å². The number of rotatable bonds is 7. The van der Waals surface area contributed by atoms with Crippen LogP contribution in [0.1, 0.15) is 5.56 Å². The molecule has 128 valence electrons. The molecule has 3 rings (SSSR count). The Balaban J connectivity index is 1.42. The second-order valence-electron chi connectivity index (χ2n) is 4.79. The summed E-state index contributed by atoms with van der Waals surface area (Å²) in [5, 5.41) is 11.4. The maximum atomic E-state index is 12.9. The third kappa shape index (κ3) is 5.40. The molecular formula is C13H15FN6OS3. The molecule has 1 atom stereocenters. The monoisotopic (exact) mass is 386 g/mol. The van der Waals surface area contributed by atoms with E-state index in [9.17, 15) is 9.18 Å². The standard InChI is InChI=1S/C13H15FN6OS3/c14-9-3-1-8(2-4-9)6-23-13-19-18-12(24-13)16-10(21)7-22-11-5-15-20-17-11/h1-4,11,15,17,20H,5-7H2,(H,16,18,21). The summed E-state index contributed by atoms with van der Waals surface area (Å²) in [6.07, 6.45) is 0. The number of thioether (sulfide) groups is 2. The van der Waals surface area contributed by atoms with Crippen molar-refractivity contribution in [2.45, 2.75) is 15.5 Å². The van der Waals surface area contributed by atoms with E-state index in [-0.39, 0.29) is 17.1 Å². The van der Waals surface area contributed by atoms with Gasteiger partial charge in [0.05, 0.1) is 11.1 Å². The van der Waals surface area contributed by atoms with Crippen LogP contribution in [0.2, 0.25) is 0 Å². The van der Waals surface area contributed by atoms with Gasteiger partial charge in [0.15, 0.2) is 4.34 Å². The first-order valence-corrected chi connectivity index (χ1v) is 9.90. The molecule has 1 aromatic heterocycles. The zero-order valence-electron chi connectivity index (χ0n) is 12.4. The van der Waals surface area contributed by atoms with Gasteiger partial charge in [-0.05, 0) is 17.7 Å². The topological polar surface area (TPSA) is 91.0 Å². The Morgan fingerprint density at radius 1 is 1.38 bits per heavy atom. The van der Waals surface area contributed by atoms with Gasteiger partial charge >= 0.3 is 0 Å². The van der Waals surface area contributed by atoms with Crippen molar-refractivity contribution in [1.29, 1.82) is 0 Å². The number of aromatic nitrogens is 2. The number of benzene rings is 1. The molecule has 2 heterocycles. The molecule has 0 saturated carbocycles. The first kappa shape index (κ1) is 17.6. The Morgan fingerprint density at radius 3 is 2.96 bits per heavy atom. The molecule has 4 N–H and O–H groups in total. The largest absolute Gasteiger partial charge is 0.300 e. The van der Waals surface area contributed by atoms with E-state index in [2.05, 4.69) is 31.9 Å².